The molecule has 4 atom stereocenters. The molecule has 8 heteroatoms. The SMILES string of the molecule is C[C@H]1CC[C@@H](c2ccc(F)cc2)N1C(=O)CC1C[C@@]2(OC(=O)NC2=O)c2ccc(N)cc21. The highest BCUT2D eigenvalue weighted by Gasteiger charge is 2.57. The van der Waals surface area contributed by atoms with Crippen molar-refractivity contribution in [2.75, 3.05) is 5.73 Å². The highest BCUT2D eigenvalue weighted by molar-refractivity contribution is 6.04. The molecule has 5 rings (SSSR count). The van der Waals surface area contributed by atoms with E-state index in [9.17, 15) is 18.8 Å². The van der Waals surface area contributed by atoms with Gasteiger partial charge in [0.15, 0.2) is 0 Å². The number of rotatable bonds is 3. The first-order valence-corrected chi connectivity index (χ1v) is 10.8. The molecule has 2 fully saturated rings. The molecule has 0 radical (unpaired) electrons. The number of nitrogens with zero attached hydrogens (tertiary/aromatic N) is 1. The Balaban J connectivity index is 1.44. The summed E-state index contributed by atoms with van der Waals surface area (Å²) in [6.07, 6.45) is 1.22. The van der Waals surface area contributed by atoms with Crippen molar-refractivity contribution in [3.8, 4) is 0 Å². The summed E-state index contributed by atoms with van der Waals surface area (Å²) < 4.78 is 18.8. The third-order valence-corrected chi connectivity index (χ3v) is 6.97. The van der Waals surface area contributed by atoms with Crippen LogP contribution >= 0.6 is 0 Å². The van der Waals surface area contributed by atoms with E-state index in [0.29, 0.717) is 11.3 Å². The zero-order chi connectivity index (χ0) is 22.6. The van der Waals surface area contributed by atoms with Crippen molar-refractivity contribution in [3.05, 3.63) is 65.0 Å². The van der Waals surface area contributed by atoms with Gasteiger partial charge in [0, 0.05) is 30.1 Å². The summed E-state index contributed by atoms with van der Waals surface area (Å²) in [5.41, 5.74) is 7.33. The molecule has 7 nitrogen and oxygen atoms in total. The molecule has 3 aliphatic rings. The van der Waals surface area contributed by atoms with Gasteiger partial charge in [0.1, 0.15) is 5.82 Å². The minimum Gasteiger partial charge on any atom is -0.427 e. The number of fused-ring (bicyclic) bond motifs is 2. The van der Waals surface area contributed by atoms with Crippen LogP contribution in [0.1, 0.15) is 61.3 Å². The molecule has 2 saturated heterocycles. The average molecular weight is 437 g/mol. The Hall–Kier alpha value is -3.42. The number of halogens is 1. The van der Waals surface area contributed by atoms with Crippen LogP contribution in [0.3, 0.4) is 0 Å². The summed E-state index contributed by atoms with van der Waals surface area (Å²) >= 11 is 0. The number of hydrogen-bond donors (Lipinski definition) is 2. The van der Waals surface area contributed by atoms with Gasteiger partial charge in [0.05, 0.1) is 6.04 Å². The molecule has 1 spiro atoms. The van der Waals surface area contributed by atoms with Gasteiger partial charge in [0.2, 0.25) is 11.5 Å². The van der Waals surface area contributed by atoms with Gasteiger partial charge in [-0.05, 0) is 61.1 Å². The average Bonchev–Trinajstić information content (AvgIpc) is 3.36. The van der Waals surface area contributed by atoms with E-state index in [4.69, 9.17) is 10.5 Å². The van der Waals surface area contributed by atoms with Gasteiger partial charge in [-0.15, -0.1) is 0 Å². The first-order valence-electron chi connectivity index (χ1n) is 10.8. The number of hydrogen-bond acceptors (Lipinski definition) is 5. The molecule has 3 N–H and O–H groups in total. The minimum atomic E-state index is -1.42. The third kappa shape index (κ3) is 3.13. The molecule has 0 saturated carbocycles. The van der Waals surface area contributed by atoms with Gasteiger partial charge in [-0.3, -0.25) is 14.9 Å². The Morgan fingerprint density at radius 1 is 1.22 bits per heavy atom. The zero-order valence-corrected chi connectivity index (χ0v) is 17.6. The van der Waals surface area contributed by atoms with Crippen molar-refractivity contribution in [1.29, 1.82) is 0 Å². The van der Waals surface area contributed by atoms with Crippen molar-refractivity contribution in [2.24, 2.45) is 0 Å². The maximum absolute atomic E-state index is 13.5. The van der Waals surface area contributed by atoms with Crippen molar-refractivity contribution >= 4 is 23.6 Å². The quantitative estimate of drug-likeness (QED) is 0.716. The van der Waals surface area contributed by atoms with Crippen LogP contribution in [0, 0.1) is 5.82 Å². The van der Waals surface area contributed by atoms with Gasteiger partial charge >= 0.3 is 6.09 Å². The number of ether oxygens (including phenoxy) is 1. The first kappa shape index (κ1) is 20.5. The van der Waals surface area contributed by atoms with E-state index in [0.717, 1.165) is 24.0 Å². The van der Waals surface area contributed by atoms with Crippen molar-refractivity contribution in [3.63, 3.8) is 0 Å². The van der Waals surface area contributed by atoms with Gasteiger partial charge in [-0.25, -0.2) is 9.18 Å². The number of benzene rings is 2. The summed E-state index contributed by atoms with van der Waals surface area (Å²) in [4.78, 5) is 39.8. The highest BCUT2D eigenvalue weighted by Crippen LogP contribution is 2.51. The number of nitrogens with one attached hydrogen (secondary N) is 1. The monoisotopic (exact) mass is 437 g/mol. The van der Waals surface area contributed by atoms with E-state index in [1.54, 1.807) is 30.3 Å². The molecule has 2 aliphatic heterocycles. The minimum absolute atomic E-state index is 0.0424. The number of nitrogen functional groups attached to an aromatic ring is 1. The summed E-state index contributed by atoms with van der Waals surface area (Å²) in [6, 6.07) is 11.3. The number of likely N-dealkylation sites (tertiary alicyclic amines) is 1. The van der Waals surface area contributed by atoms with Crippen LogP contribution in [0.2, 0.25) is 0 Å². The number of imide groups is 1. The van der Waals surface area contributed by atoms with E-state index in [1.807, 2.05) is 11.8 Å². The molecule has 2 aromatic carbocycles. The zero-order valence-electron chi connectivity index (χ0n) is 17.6. The number of nitrogens with two attached hydrogens (primary N) is 1. The molecule has 32 heavy (non-hydrogen) atoms. The van der Waals surface area contributed by atoms with Gasteiger partial charge in [-0.1, -0.05) is 18.2 Å². The topological polar surface area (TPSA) is 102 Å². The molecule has 0 bridgehead atoms. The summed E-state index contributed by atoms with van der Waals surface area (Å²) in [7, 11) is 0. The Kier molecular flexibility index (Phi) is 4.69. The van der Waals surface area contributed by atoms with E-state index >= 15 is 0 Å². The number of amides is 3. The lowest BCUT2D eigenvalue weighted by Gasteiger charge is -2.30. The second-order valence-corrected chi connectivity index (χ2v) is 8.92. The molecule has 1 aliphatic carbocycles. The lowest BCUT2D eigenvalue weighted by atomic mass is 9.93. The Morgan fingerprint density at radius 3 is 2.66 bits per heavy atom. The standard InChI is InChI=1S/C24H24FN3O4/c1-13-2-9-20(14-3-5-16(25)6-4-14)28(13)21(29)10-15-12-24(22(30)27-23(31)32-24)19-8-7-17(26)11-18(15)19/h3-8,11,13,15,20H,2,9-10,12,26H2,1H3,(H,27,30,31)/t13-,15?,20-,24+/m0/s1. The molecule has 2 aromatic rings. The van der Waals surface area contributed by atoms with Crippen LogP contribution in [-0.2, 0) is 19.9 Å². The Labute approximate surface area is 184 Å². The van der Waals surface area contributed by atoms with E-state index in [-0.39, 0.29) is 42.6 Å². The highest BCUT2D eigenvalue weighted by atomic mass is 19.1. The number of anilines is 1. The van der Waals surface area contributed by atoms with Crippen LogP contribution in [0.25, 0.3) is 0 Å². The van der Waals surface area contributed by atoms with Crippen molar-refractivity contribution in [1.82, 2.24) is 10.2 Å². The fourth-order valence-corrected chi connectivity index (χ4v) is 5.50. The maximum Gasteiger partial charge on any atom is 0.415 e. The Bertz CT molecular complexity index is 1120. The molecule has 0 aromatic heterocycles. The van der Waals surface area contributed by atoms with E-state index in [2.05, 4.69) is 5.32 Å². The normalized spacial score (nSPS) is 28.7. The van der Waals surface area contributed by atoms with Crippen LogP contribution in [0.15, 0.2) is 42.5 Å². The van der Waals surface area contributed by atoms with Crippen molar-refractivity contribution in [2.45, 2.75) is 56.2 Å². The molecule has 2 heterocycles. The third-order valence-electron chi connectivity index (χ3n) is 6.97. The molecule has 166 valence electrons. The lowest BCUT2D eigenvalue weighted by molar-refractivity contribution is -0.136. The first-order chi connectivity index (χ1) is 15.3. The molecule has 1 unspecified atom stereocenters. The summed E-state index contributed by atoms with van der Waals surface area (Å²) in [5, 5.41) is 2.22. The van der Waals surface area contributed by atoms with Crippen LogP contribution in [0.5, 0.6) is 0 Å². The van der Waals surface area contributed by atoms with Crippen LogP contribution in [-0.4, -0.2) is 28.8 Å². The second kappa shape index (κ2) is 7.32. The Morgan fingerprint density at radius 2 is 1.97 bits per heavy atom. The largest absolute Gasteiger partial charge is 0.427 e. The van der Waals surface area contributed by atoms with Crippen molar-refractivity contribution < 1.29 is 23.5 Å². The van der Waals surface area contributed by atoms with Crippen LogP contribution in [0.4, 0.5) is 14.9 Å². The fraction of sp³-hybridized carbons (Fsp3) is 0.375. The van der Waals surface area contributed by atoms with E-state index in [1.165, 1.54) is 12.1 Å². The predicted octanol–water partition coefficient (Wildman–Crippen LogP) is 3.50. The van der Waals surface area contributed by atoms with Gasteiger partial charge in [0.25, 0.3) is 5.91 Å². The lowest BCUT2D eigenvalue weighted by Crippen LogP contribution is -2.37. The molecule has 3 amide bonds. The number of carbonyl (C=O) groups excluding carboxylic acids is 3. The van der Waals surface area contributed by atoms with Gasteiger partial charge in [-0.2, -0.15) is 0 Å². The number of carbonyl (C=O) groups is 3. The van der Waals surface area contributed by atoms with E-state index < -0.39 is 17.6 Å². The summed E-state index contributed by atoms with van der Waals surface area (Å²) in [6.45, 7) is 2.01. The number of alkyl carbamates (subject to hydrolysis) is 1. The second-order valence-electron chi connectivity index (χ2n) is 8.92. The predicted molar refractivity (Wildman–Crippen MR) is 114 cm³/mol. The molecular weight excluding hydrogens is 413 g/mol. The maximum atomic E-state index is 13.5. The molecular formula is C24H24FN3O4. The smallest absolute Gasteiger partial charge is 0.415 e. The van der Waals surface area contributed by atoms with Crippen LogP contribution < -0.4 is 11.1 Å². The van der Waals surface area contributed by atoms with Gasteiger partial charge < -0.3 is 15.4 Å². The fourth-order valence-electron chi connectivity index (χ4n) is 5.50. The summed E-state index contributed by atoms with van der Waals surface area (Å²) in [5.74, 6) is -1.20.